The van der Waals surface area contributed by atoms with Crippen LogP contribution in [0.2, 0.25) is 0 Å². The first-order valence-corrected chi connectivity index (χ1v) is 7.32. The number of hydrogen-bond acceptors (Lipinski definition) is 7. The summed E-state index contributed by atoms with van der Waals surface area (Å²) in [6.07, 6.45) is 0. The third kappa shape index (κ3) is 2.23. The number of aromatic nitrogens is 3. The Morgan fingerprint density at radius 2 is 2.25 bits per heavy atom. The Morgan fingerprint density at radius 3 is 2.95 bits per heavy atom. The molecule has 3 rings (SSSR count). The molecule has 1 amide bonds. The van der Waals surface area contributed by atoms with Crippen molar-refractivity contribution < 1.29 is 9.53 Å². The molecule has 0 fully saturated rings. The number of nitrogens with one attached hydrogen (secondary N) is 1. The van der Waals surface area contributed by atoms with Gasteiger partial charge < -0.3 is 4.74 Å². The topological polar surface area (TPSA) is 77.0 Å². The quantitative estimate of drug-likeness (QED) is 0.805. The lowest BCUT2D eigenvalue weighted by Gasteiger charge is -1.98. The highest BCUT2D eigenvalue weighted by atomic mass is 32.1. The SMILES string of the molecule is COc1cccc2sc(NC(=O)c3snnc3C)nc12. The van der Waals surface area contributed by atoms with Crippen LogP contribution >= 0.6 is 22.9 Å². The summed E-state index contributed by atoms with van der Waals surface area (Å²) < 4.78 is 9.96. The van der Waals surface area contributed by atoms with E-state index in [1.165, 1.54) is 11.3 Å². The Balaban J connectivity index is 1.92. The highest BCUT2D eigenvalue weighted by molar-refractivity contribution is 7.22. The molecule has 2 heterocycles. The average Bonchev–Trinajstić information content (AvgIpc) is 3.03. The van der Waals surface area contributed by atoms with E-state index in [0.29, 0.717) is 21.5 Å². The molecule has 1 N–H and O–H groups in total. The van der Waals surface area contributed by atoms with Gasteiger partial charge in [0.05, 0.1) is 17.5 Å². The van der Waals surface area contributed by atoms with E-state index in [0.717, 1.165) is 21.7 Å². The molecule has 0 saturated carbocycles. The summed E-state index contributed by atoms with van der Waals surface area (Å²) in [4.78, 5) is 17.0. The molecule has 3 aromatic rings. The number of hydrogen-bond donors (Lipinski definition) is 1. The van der Waals surface area contributed by atoms with E-state index in [1.54, 1.807) is 14.0 Å². The molecule has 0 atom stereocenters. The van der Waals surface area contributed by atoms with E-state index < -0.39 is 0 Å². The van der Waals surface area contributed by atoms with Gasteiger partial charge in [-0.05, 0) is 30.6 Å². The smallest absolute Gasteiger partial charge is 0.271 e. The second-order valence-corrected chi connectivity index (χ2v) is 5.75. The first-order chi connectivity index (χ1) is 9.69. The Bertz CT molecular complexity index is 781. The van der Waals surface area contributed by atoms with Crippen LogP contribution in [0.5, 0.6) is 5.75 Å². The normalized spacial score (nSPS) is 10.7. The minimum absolute atomic E-state index is 0.240. The Hall–Kier alpha value is -2.06. The number of nitrogens with zero attached hydrogens (tertiary/aromatic N) is 3. The van der Waals surface area contributed by atoms with Gasteiger partial charge in [0.25, 0.3) is 5.91 Å². The summed E-state index contributed by atoms with van der Waals surface area (Å²) in [7, 11) is 1.60. The van der Waals surface area contributed by atoms with Gasteiger partial charge in [-0.3, -0.25) is 10.1 Å². The first kappa shape index (κ1) is 12.9. The molecule has 2 aromatic heterocycles. The van der Waals surface area contributed by atoms with Crippen LogP contribution in [0.25, 0.3) is 10.2 Å². The van der Waals surface area contributed by atoms with Crippen LogP contribution in [0.1, 0.15) is 15.4 Å². The van der Waals surface area contributed by atoms with Gasteiger partial charge in [-0.1, -0.05) is 21.9 Å². The molecule has 6 nitrogen and oxygen atoms in total. The number of carbonyl (C=O) groups is 1. The minimum Gasteiger partial charge on any atom is -0.494 e. The molecule has 0 bridgehead atoms. The van der Waals surface area contributed by atoms with Crippen molar-refractivity contribution in [3.05, 3.63) is 28.8 Å². The Labute approximate surface area is 122 Å². The van der Waals surface area contributed by atoms with Crippen molar-refractivity contribution in [2.24, 2.45) is 0 Å². The van der Waals surface area contributed by atoms with Crippen LogP contribution in [0, 0.1) is 6.92 Å². The van der Waals surface area contributed by atoms with Gasteiger partial charge in [-0.15, -0.1) is 5.10 Å². The third-order valence-corrected chi connectivity index (χ3v) is 4.44. The minimum atomic E-state index is -0.240. The lowest BCUT2D eigenvalue weighted by atomic mass is 10.3. The van der Waals surface area contributed by atoms with E-state index in [-0.39, 0.29) is 5.91 Å². The fourth-order valence-electron chi connectivity index (χ4n) is 1.74. The Kier molecular flexibility index (Phi) is 3.33. The molecule has 0 aliphatic heterocycles. The van der Waals surface area contributed by atoms with Crippen LogP contribution in [-0.4, -0.2) is 27.6 Å². The predicted octanol–water partition coefficient (Wildman–Crippen LogP) is 2.72. The zero-order chi connectivity index (χ0) is 14.1. The number of thiazole rings is 1. The van der Waals surface area contributed by atoms with Gasteiger partial charge in [0.15, 0.2) is 5.13 Å². The maximum absolute atomic E-state index is 12.1. The van der Waals surface area contributed by atoms with Crippen molar-refractivity contribution in [2.45, 2.75) is 6.92 Å². The molecule has 0 unspecified atom stereocenters. The van der Waals surface area contributed by atoms with Crippen molar-refractivity contribution in [3.63, 3.8) is 0 Å². The lowest BCUT2D eigenvalue weighted by Crippen LogP contribution is -2.11. The zero-order valence-electron chi connectivity index (χ0n) is 10.7. The Morgan fingerprint density at radius 1 is 1.40 bits per heavy atom. The van der Waals surface area contributed by atoms with Crippen LogP contribution < -0.4 is 10.1 Å². The molecular weight excluding hydrogens is 296 g/mol. The second-order valence-electron chi connectivity index (χ2n) is 3.97. The molecule has 0 aliphatic rings. The first-order valence-electron chi connectivity index (χ1n) is 5.73. The molecule has 0 saturated heterocycles. The molecule has 20 heavy (non-hydrogen) atoms. The van der Waals surface area contributed by atoms with Gasteiger partial charge in [0.2, 0.25) is 0 Å². The highest BCUT2D eigenvalue weighted by Crippen LogP contribution is 2.32. The number of fused-ring (bicyclic) bond motifs is 1. The van der Waals surface area contributed by atoms with Crippen LogP contribution in [-0.2, 0) is 0 Å². The third-order valence-electron chi connectivity index (χ3n) is 2.68. The number of benzene rings is 1. The summed E-state index contributed by atoms with van der Waals surface area (Å²) in [5.74, 6) is 0.449. The molecule has 1 aromatic carbocycles. The summed E-state index contributed by atoms with van der Waals surface area (Å²) in [6.45, 7) is 1.75. The maximum Gasteiger partial charge on any atom is 0.271 e. The number of methoxy groups -OCH3 is 1. The maximum atomic E-state index is 12.1. The summed E-state index contributed by atoms with van der Waals surface area (Å²) >= 11 is 2.47. The van der Waals surface area contributed by atoms with E-state index in [4.69, 9.17) is 4.74 Å². The van der Waals surface area contributed by atoms with E-state index in [9.17, 15) is 4.79 Å². The fourth-order valence-corrected chi connectivity index (χ4v) is 3.17. The van der Waals surface area contributed by atoms with Crippen LogP contribution in [0.3, 0.4) is 0 Å². The molecular formula is C12H10N4O2S2. The average molecular weight is 306 g/mol. The number of carbonyl (C=O) groups excluding carboxylic acids is 1. The van der Waals surface area contributed by atoms with E-state index >= 15 is 0 Å². The molecule has 0 aliphatic carbocycles. The molecule has 0 spiro atoms. The summed E-state index contributed by atoms with van der Waals surface area (Å²) in [5.41, 5.74) is 1.36. The number of aryl methyl sites for hydroxylation is 1. The summed E-state index contributed by atoms with van der Waals surface area (Å²) in [5, 5.41) is 7.12. The van der Waals surface area contributed by atoms with Crippen molar-refractivity contribution in [1.29, 1.82) is 0 Å². The fraction of sp³-hybridized carbons (Fsp3) is 0.167. The van der Waals surface area contributed by atoms with Crippen molar-refractivity contribution >= 4 is 44.1 Å². The number of amides is 1. The molecule has 0 radical (unpaired) electrons. The van der Waals surface area contributed by atoms with Crippen molar-refractivity contribution in [1.82, 2.24) is 14.6 Å². The predicted molar refractivity (Wildman–Crippen MR) is 78.8 cm³/mol. The van der Waals surface area contributed by atoms with Gasteiger partial charge in [0.1, 0.15) is 16.1 Å². The lowest BCUT2D eigenvalue weighted by molar-refractivity contribution is 0.103. The molecule has 8 heteroatoms. The zero-order valence-corrected chi connectivity index (χ0v) is 12.3. The van der Waals surface area contributed by atoms with Gasteiger partial charge in [-0.25, -0.2) is 4.98 Å². The van der Waals surface area contributed by atoms with Gasteiger partial charge in [0, 0.05) is 0 Å². The standard InChI is InChI=1S/C12H10N4O2S2/c1-6-10(20-16-15-6)11(17)14-12-13-9-7(18-2)4-3-5-8(9)19-12/h3-5H,1-2H3,(H,13,14,17). The van der Waals surface area contributed by atoms with E-state index in [2.05, 4.69) is 19.9 Å². The van der Waals surface area contributed by atoms with Gasteiger partial charge >= 0.3 is 0 Å². The number of rotatable bonds is 3. The monoisotopic (exact) mass is 306 g/mol. The van der Waals surface area contributed by atoms with Crippen LogP contribution in [0.15, 0.2) is 18.2 Å². The van der Waals surface area contributed by atoms with Crippen molar-refractivity contribution in [2.75, 3.05) is 12.4 Å². The van der Waals surface area contributed by atoms with Gasteiger partial charge in [-0.2, -0.15) is 0 Å². The number of anilines is 1. The second kappa shape index (κ2) is 5.14. The molecule has 102 valence electrons. The number of ether oxygens (including phenoxy) is 1. The largest absolute Gasteiger partial charge is 0.494 e. The van der Waals surface area contributed by atoms with E-state index in [1.807, 2.05) is 18.2 Å². The number of para-hydroxylation sites is 1. The van der Waals surface area contributed by atoms with Crippen LogP contribution in [0.4, 0.5) is 5.13 Å². The van der Waals surface area contributed by atoms with Crippen molar-refractivity contribution in [3.8, 4) is 5.75 Å². The highest BCUT2D eigenvalue weighted by Gasteiger charge is 2.16. The summed E-state index contributed by atoms with van der Waals surface area (Å²) in [6, 6.07) is 5.66.